The molecule has 1 aliphatic rings. The Hall–Kier alpha value is -0.330. The van der Waals surface area contributed by atoms with E-state index in [0.29, 0.717) is 0 Å². The van der Waals surface area contributed by atoms with Gasteiger partial charge < -0.3 is 0 Å². The minimum Gasteiger partial charge on any atom is -0.242 e. The average Bonchev–Trinajstić information content (AvgIpc) is 1.88. The van der Waals surface area contributed by atoms with Crippen LogP contribution in [0.3, 0.4) is 0 Å². The van der Waals surface area contributed by atoms with Gasteiger partial charge in [-0.1, -0.05) is 13.8 Å². The largest absolute Gasteiger partial charge is 0.242 e. The highest BCUT2D eigenvalue weighted by Gasteiger charge is 2.21. The Kier molecular flexibility index (Phi) is 2.47. The fourth-order valence-electron chi connectivity index (χ4n) is 1.62. The van der Waals surface area contributed by atoms with Crippen molar-refractivity contribution in [2.75, 3.05) is 13.1 Å². The minimum atomic E-state index is 0.869. The van der Waals surface area contributed by atoms with Crippen LogP contribution < -0.4 is 0 Å². The molecule has 0 aromatic carbocycles. The first-order valence-corrected chi connectivity index (χ1v) is 4.25. The van der Waals surface area contributed by atoms with Crippen LogP contribution in [0.5, 0.6) is 0 Å². The van der Waals surface area contributed by atoms with Crippen molar-refractivity contribution in [3.05, 3.63) is 0 Å². The van der Waals surface area contributed by atoms with Gasteiger partial charge in [0.1, 0.15) is 19.8 Å². The van der Waals surface area contributed by atoms with Crippen LogP contribution in [0.2, 0.25) is 0 Å². The van der Waals surface area contributed by atoms with Crippen molar-refractivity contribution in [1.82, 2.24) is 0 Å². The lowest BCUT2D eigenvalue weighted by molar-refractivity contribution is -0.533. The molecule has 0 bridgehead atoms. The van der Waals surface area contributed by atoms with Crippen LogP contribution in [0, 0.1) is 11.8 Å². The van der Waals surface area contributed by atoms with Crippen LogP contribution in [-0.2, 0) is 0 Å². The maximum atomic E-state index is 3.92. The lowest BCUT2D eigenvalue weighted by Gasteiger charge is -2.22. The molecule has 0 aromatic rings. The molecule has 1 heterocycles. The zero-order chi connectivity index (χ0) is 7.56. The predicted octanol–water partition coefficient (Wildman–Crippen LogP) is 1.77. The van der Waals surface area contributed by atoms with Crippen LogP contribution in [0.1, 0.15) is 26.7 Å². The van der Waals surface area contributed by atoms with Gasteiger partial charge >= 0.3 is 0 Å². The molecule has 0 unspecified atom stereocenters. The van der Waals surface area contributed by atoms with Gasteiger partial charge in [-0.2, -0.15) is 0 Å². The smallest absolute Gasteiger partial charge is 0.142 e. The molecule has 1 heteroatoms. The van der Waals surface area contributed by atoms with Crippen molar-refractivity contribution in [2.45, 2.75) is 26.7 Å². The quantitative estimate of drug-likeness (QED) is 0.488. The fourth-order valence-corrected chi connectivity index (χ4v) is 1.62. The van der Waals surface area contributed by atoms with Crippen LogP contribution in [0.4, 0.5) is 0 Å². The van der Waals surface area contributed by atoms with Crippen molar-refractivity contribution in [3.8, 4) is 0 Å². The second kappa shape index (κ2) is 3.18. The molecule has 1 fully saturated rings. The van der Waals surface area contributed by atoms with Gasteiger partial charge in [-0.25, -0.2) is 4.58 Å². The normalized spacial score (nSPS) is 22.1. The molecule has 0 saturated carbocycles. The minimum absolute atomic E-state index is 0.869. The molecule has 0 amide bonds. The SMILES string of the molecule is C=[N+]1CCC(C(C)C)CC1. The highest BCUT2D eigenvalue weighted by atomic mass is 15.0. The molecule has 58 valence electrons. The van der Waals surface area contributed by atoms with Gasteiger partial charge in [0.15, 0.2) is 0 Å². The summed E-state index contributed by atoms with van der Waals surface area (Å²) >= 11 is 0. The van der Waals surface area contributed by atoms with Crippen molar-refractivity contribution in [1.29, 1.82) is 0 Å². The third kappa shape index (κ3) is 1.83. The fraction of sp³-hybridized carbons (Fsp3) is 0.889. The van der Waals surface area contributed by atoms with Gasteiger partial charge in [0.2, 0.25) is 0 Å². The zero-order valence-electron chi connectivity index (χ0n) is 7.14. The van der Waals surface area contributed by atoms with E-state index in [-0.39, 0.29) is 0 Å². The number of nitrogens with zero attached hydrogens (tertiary/aromatic N) is 1. The maximum Gasteiger partial charge on any atom is 0.142 e. The Morgan fingerprint density at radius 3 is 2.20 bits per heavy atom. The Morgan fingerprint density at radius 1 is 1.30 bits per heavy atom. The monoisotopic (exact) mass is 140 g/mol. The summed E-state index contributed by atoms with van der Waals surface area (Å²) in [6, 6.07) is 0. The summed E-state index contributed by atoms with van der Waals surface area (Å²) in [5.41, 5.74) is 0. The first kappa shape index (κ1) is 7.77. The average molecular weight is 140 g/mol. The van der Waals surface area contributed by atoms with E-state index in [1.807, 2.05) is 0 Å². The predicted molar refractivity (Wildman–Crippen MR) is 44.7 cm³/mol. The second-order valence-corrected chi connectivity index (χ2v) is 3.70. The van der Waals surface area contributed by atoms with Gasteiger partial charge in [-0.15, -0.1) is 0 Å². The van der Waals surface area contributed by atoms with Crippen LogP contribution >= 0.6 is 0 Å². The van der Waals surface area contributed by atoms with E-state index in [4.69, 9.17) is 0 Å². The van der Waals surface area contributed by atoms with E-state index in [1.165, 1.54) is 25.9 Å². The van der Waals surface area contributed by atoms with E-state index in [1.54, 1.807) is 0 Å². The molecular formula is C9H18N+. The third-order valence-corrected chi connectivity index (χ3v) is 2.58. The number of piperidine rings is 1. The highest BCUT2D eigenvalue weighted by molar-refractivity contribution is 5.14. The molecular weight excluding hydrogens is 122 g/mol. The third-order valence-electron chi connectivity index (χ3n) is 2.58. The summed E-state index contributed by atoms with van der Waals surface area (Å²) in [4.78, 5) is 0. The summed E-state index contributed by atoms with van der Waals surface area (Å²) in [5, 5.41) is 0. The summed E-state index contributed by atoms with van der Waals surface area (Å²) < 4.78 is 2.18. The van der Waals surface area contributed by atoms with Crippen molar-refractivity contribution in [2.24, 2.45) is 11.8 Å². The molecule has 1 rings (SSSR count). The zero-order valence-corrected chi connectivity index (χ0v) is 7.14. The Labute approximate surface area is 63.8 Å². The van der Waals surface area contributed by atoms with Crippen molar-refractivity contribution in [3.63, 3.8) is 0 Å². The van der Waals surface area contributed by atoms with Gasteiger partial charge in [0.25, 0.3) is 0 Å². The Morgan fingerprint density at radius 2 is 1.80 bits per heavy atom. The van der Waals surface area contributed by atoms with E-state index in [9.17, 15) is 0 Å². The number of hydrogen-bond acceptors (Lipinski definition) is 0. The van der Waals surface area contributed by atoms with Crippen molar-refractivity contribution < 1.29 is 4.58 Å². The maximum absolute atomic E-state index is 3.92. The van der Waals surface area contributed by atoms with Gasteiger partial charge in [0.05, 0.1) is 0 Å². The lowest BCUT2D eigenvalue weighted by Crippen LogP contribution is -2.27. The molecule has 1 nitrogen and oxygen atoms in total. The van der Waals surface area contributed by atoms with Crippen molar-refractivity contribution >= 4 is 6.72 Å². The molecule has 0 N–H and O–H groups in total. The molecule has 1 saturated heterocycles. The molecule has 0 aromatic heterocycles. The summed E-state index contributed by atoms with van der Waals surface area (Å²) in [6.07, 6.45) is 2.70. The van der Waals surface area contributed by atoms with E-state index < -0.39 is 0 Å². The lowest BCUT2D eigenvalue weighted by atomic mass is 9.87. The van der Waals surface area contributed by atoms with Crippen LogP contribution in [-0.4, -0.2) is 24.4 Å². The number of hydrogen-bond donors (Lipinski definition) is 0. The van der Waals surface area contributed by atoms with Gasteiger partial charge in [-0.05, 0) is 11.8 Å². The number of rotatable bonds is 1. The van der Waals surface area contributed by atoms with E-state index >= 15 is 0 Å². The second-order valence-electron chi connectivity index (χ2n) is 3.70. The first-order chi connectivity index (χ1) is 4.70. The standard InChI is InChI=1S/C9H18N/c1-8(2)9-4-6-10(3)7-5-9/h8-9H,3-7H2,1-2H3/q+1. The summed E-state index contributed by atoms with van der Waals surface area (Å²) in [7, 11) is 0. The van der Waals surface area contributed by atoms with E-state index in [0.717, 1.165) is 11.8 Å². The molecule has 0 radical (unpaired) electrons. The summed E-state index contributed by atoms with van der Waals surface area (Å²) in [6.45, 7) is 11.0. The molecule has 0 atom stereocenters. The first-order valence-electron chi connectivity index (χ1n) is 4.25. The Balaban J connectivity index is 2.33. The Bertz CT molecular complexity index is 117. The molecule has 0 spiro atoms. The van der Waals surface area contributed by atoms with Gasteiger partial charge in [-0.3, -0.25) is 0 Å². The molecule has 10 heavy (non-hydrogen) atoms. The van der Waals surface area contributed by atoms with Crippen LogP contribution in [0.15, 0.2) is 0 Å². The van der Waals surface area contributed by atoms with Crippen LogP contribution in [0.25, 0.3) is 0 Å². The van der Waals surface area contributed by atoms with E-state index in [2.05, 4.69) is 25.1 Å². The topological polar surface area (TPSA) is 3.01 Å². The highest BCUT2D eigenvalue weighted by Crippen LogP contribution is 2.21. The van der Waals surface area contributed by atoms with Gasteiger partial charge in [0, 0.05) is 12.8 Å². The molecule has 0 aliphatic carbocycles. The molecule has 1 aliphatic heterocycles. The summed E-state index contributed by atoms with van der Waals surface area (Å²) in [5.74, 6) is 1.83.